The second-order valence-electron chi connectivity index (χ2n) is 3.83. The number of hydrogen-bond acceptors (Lipinski definition) is 3. The molecule has 8 heteroatoms. The zero-order valence-electron chi connectivity index (χ0n) is 10.1. The van der Waals surface area contributed by atoms with Crippen molar-refractivity contribution in [1.29, 1.82) is 0 Å². The second-order valence-corrected chi connectivity index (χ2v) is 3.83. The minimum atomic E-state index is -5.77. The van der Waals surface area contributed by atoms with Gasteiger partial charge in [0.2, 0.25) is 0 Å². The van der Waals surface area contributed by atoms with Crippen molar-refractivity contribution in [3.63, 3.8) is 0 Å². The minimum Gasteiger partial charge on any atom is -0.468 e. The Bertz CT molecular complexity index is 428. The van der Waals surface area contributed by atoms with Crippen molar-refractivity contribution in [3.05, 3.63) is 29.8 Å². The highest BCUT2D eigenvalue weighted by atomic mass is 19.4. The highest BCUT2D eigenvalue weighted by Crippen LogP contribution is 2.37. The molecule has 0 radical (unpaired) electrons. The Labute approximate surface area is 111 Å². The topological polar surface area (TPSA) is 35.5 Å². The first-order valence-electron chi connectivity index (χ1n) is 5.54. The zero-order chi connectivity index (χ0) is 15.2. The molecular formula is C12H11F5O3. The molecular weight excluding hydrogens is 287 g/mol. The van der Waals surface area contributed by atoms with Gasteiger partial charge in [-0.05, 0) is 30.5 Å². The van der Waals surface area contributed by atoms with Crippen molar-refractivity contribution in [2.45, 2.75) is 25.1 Å². The summed E-state index contributed by atoms with van der Waals surface area (Å²) < 4.78 is 69.1. The van der Waals surface area contributed by atoms with Crippen LogP contribution in [0.5, 0.6) is 5.75 Å². The van der Waals surface area contributed by atoms with E-state index in [1.165, 1.54) is 12.1 Å². The van der Waals surface area contributed by atoms with Crippen LogP contribution in [0.4, 0.5) is 22.0 Å². The van der Waals surface area contributed by atoms with E-state index in [0.717, 1.165) is 12.1 Å². The van der Waals surface area contributed by atoms with Gasteiger partial charge in [0.15, 0.2) is 0 Å². The molecule has 0 amide bonds. The lowest BCUT2D eigenvalue weighted by atomic mass is 10.1. The lowest BCUT2D eigenvalue weighted by Crippen LogP contribution is -2.41. The number of aryl methyl sites for hydroxylation is 1. The number of hydrogen-bond donors (Lipinski definition) is 0. The molecule has 0 fully saturated rings. The van der Waals surface area contributed by atoms with Crippen molar-refractivity contribution in [2.24, 2.45) is 0 Å². The molecule has 0 N–H and O–H groups in total. The third kappa shape index (κ3) is 4.67. The van der Waals surface area contributed by atoms with Crippen LogP contribution >= 0.6 is 0 Å². The summed E-state index contributed by atoms with van der Waals surface area (Å²) in [7, 11) is 0. The third-order valence-electron chi connectivity index (χ3n) is 2.30. The lowest BCUT2D eigenvalue weighted by Gasteiger charge is -2.20. The normalized spacial score (nSPS) is 12.1. The van der Waals surface area contributed by atoms with Crippen LogP contribution < -0.4 is 4.74 Å². The molecule has 0 bridgehead atoms. The average molecular weight is 298 g/mol. The Balaban J connectivity index is 2.56. The largest absolute Gasteiger partial charge is 0.499 e. The summed E-state index contributed by atoms with van der Waals surface area (Å²) in [5.41, 5.74) is 0.696. The van der Waals surface area contributed by atoms with Crippen LogP contribution in [0.3, 0.4) is 0 Å². The minimum absolute atomic E-state index is 0.202. The van der Waals surface area contributed by atoms with E-state index < -0.39 is 18.0 Å². The maximum Gasteiger partial charge on any atom is 0.499 e. The fourth-order valence-corrected chi connectivity index (χ4v) is 1.34. The van der Waals surface area contributed by atoms with Gasteiger partial charge in [0.1, 0.15) is 5.75 Å². The summed E-state index contributed by atoms with van der Waals surface area (Å²) in [5.74, 6) is -0.583. The van der Waals surface area contributed by atoms with Gasteiger partial charge in [0, 0.05) is 0 Å². The van der Waals surface area contributed by atoms with Crippen molar-refractivity contribution in [2.75, 3.05) is 6.61 Å². The number of ether oxygens (including phenoxy) is 2. The molecule has 3 nitrogen and oxygen atoms in total. The van der Waals surface area contributed by atoms with Crippen LogP contribution in [0, 0.1) is 0 Å². The first-order valence-corrected chi connectivity index (χ1v) is 5.54. The fraction of sp³-hybridized carbons (Fsp3) is 0.417. The van der Waals surface area contributed by atoms with E-state index in [9.17, 15) is 26.7 Å². The maximum absolute atomic E-state index is 12.6. The summed E-state index contributed by atoms with van der Waals surface area (Å²) in [6.45, 7) is 0.504. The van der Waals surface area contributed by atoms with E-state index >= 15 is 0 Å². The van der Waals surface area contributed by atoms with Crippen molar-refractivity contribution < 1.29 is 36.2 Å². The Morgan fingerprint density at radius 2 is 1.65 bits per heavy atom. The average Bonchev–Trinajstić information content (AvgIpc) is 2.35. The molecule has 1 aromatic carbocycles. The molecule has 0 aliphatic carbocycles. The van der Waals surface area contributed by atoms with E-state index in [1.807, 2.05) is 0 Å². The van der Waals surface area contributed by atoms with Crippen LogP contribution in [0.2, 0.25) is 0 Å². The summed E-state index contributed by atoms with van der Waals surface area (Å²) >= 11 is 0. The molecule has 1 aromatic rings. The summed E-state index contributed by atoms with van der Waals surface area (Å²) in [4.78, 5) is 9.87. The fourth-order valence-electron chi connectivity index (χ4n) is 1.34. The van der Waals surface area contributed by atoms with Crippen molar-refractivity contribution in [3.8, 4) is 5.75 Å². The van der Waals surface area contributed by atoms with E-state index in [1.54, 1.807) is 0 Å². The molecule has 0 spiro atoms. The van der Waals surface area contributed by atoms with Gasteiger partial charge in [-0.1, -0.05) is 12.1 Å². The predicted octanol–water partition coefficient (Wildman–Crippen LogP) is 3.33. The lowest BCUT2D eigenvalue weighted by molar-refractivity contribution is -0.360. The van der Waals surface area contributed by atoms with Crippen molar-refractivity contribution in [1.82, 2.24) is 0 Å². The second kappa shape index (κ2) is 6.53. The van der Waals surface area contributed by atoms with Gasteiger partial charge in [-0.3, -0.25) is 4.79 Å². The first-order chi connectivity index (χ1) is 9.26. The smallest absolute Gasteiger partial charge is 0.468 e. The van der Waals surface area contributed by atoms with E-state index in [-0.39, 0.29) is 6.61 Å². The number of halogens is 5. The highest BCUT2D eigenvalue weighted by molar-refractivity contribution is 5.36. The zero-order valence-corrected chi connectivity index (χ0v) is 10.1. The number of benzene rings is 1. The highest BCUT2D eigenvalue weighted by Gasteiger charge is 2.61. The molecule has 0 unspecified atom stereocenters. The molecule has 0 aliphatic heterocycles. The van der Waals surface area contributed by atoms with Crippen LogP contribution in [-0.2, 0) is 16.0 Å². The summed E-state index contributed by atoms with van der Waals surface area (Å²) in [6.07, 6.45) is -9.99. The van der Waals surface area contributed by atoms with Gasteiger partial charge < -0.3 is 9.47 Å². The molecule has 0 saturated carbocycles. The van der Waals surface area contributed by atoms with Crippen molar-refractivity contribution >= 4 is 6.47 Å². The predicted molar refractivity (Wildman–Crippen MR) is 58.4 cm³/mol. The van der Waals surface area contributed by atoms with E-state index in [0.29, 0.717) is 24.9 Å². The molecule has 20 heavy (non-hydrogen) atoms. The Morgan fingerprint density at radius 1 is 1.05 bits per heavy atom. The summed E-state index contributed by atoms with van der Waals surface area (Å²) in [6, 6.07) is 4.77. The summed E-state index contributed by atoms with van der Waals surface area (Å²) in [5, 5.41) is 0. The maximum atomic E-state index is 12.6. The molecule has 0 saturated heterocycles. The van der Waals surface area contributed by atoms with Crippen LogP contribution in [0.15, 0.2) is 24.3 Å². The number of rotatable bonds is 7. The Hall–Kier alpha value is -1.86. The van der Waals surface area contributed by atoms with E-state index in [4.69, 9.17) is 0 Å². The SMILES string of the molecule is O=COCCCc1ccc(OC(F)(F)C(F)(F)F)cc1. The van der Waals surface area contributed by atoms with Gasteiger partial charge >= 0.3 is 12.3 Å². The molecule has 0 heterocycles. The van der Waals surface area contributed by atoms with Gasteiger partial charge in [-0.15, -0.1) is 0 Å². The standard InChI is InChI=1S/C12H11F5O3/c13-11(14,15)12(16,17)20-10-5-3-9(4-6-10)2-1-7-19-8-18/h3-6,8H,1-2,7H2. The molecule has 0 atom stereocenters. The molecule has 112 valence electrons. The molecule has 1 rings (SSSR count). The van der Waals surface area contributed by atoms with Crippen LogP contribution in [0.1, 0.15) is 12.0 Å². The Kier molecular flexibility index (Phi) is 5.29. The third-order valence-corrected chi connectivity index (χ3v) is 2.30. The first kappa shape index (κ1) is 16.2. The van der Waals surface area contributed by atoms with E-state index in [2.05, 4.69) is 9.47 Å². The monoisotopic (exact) mass is 298 g/mol. The quantitative estimate of drug-likeness (QED) is 0.440. The number of alkyl halides is 5. The number of carbonyl (C=O) groups excluding carboxylic acids is 1. The Morgan fingerprint density at radius 3 is 2.15 bits per heavy atom. The van der Waals surface area contributed by atoms with Gasteiger partial charge in [0.25, 0.3) is 6.47 Å². The van der Waals surface area contributed by atoms with Crippen LogP contribution in [-0.4, -0.2) is 25.4 Å². The number of carbonyl (C=O) groups is 1. The molecule has 0 aromatic heterocycles. The molecule has 0 aliphatic rings. The van der Waals surface area contributed by atoms with Gasteiger partial charge in [0.05, 0.1) is 6.61 Å². The van der Waals surface area contributed by atoms with Gasteiger partial charge in [-0.25, -0.2) is 0 Å². The van der Waals surface area contributed by atoms with Crippen LogP contribution in [0.25, 0.3) is 0 Å². The van der Waals surface area contributed by atoms with Gasteiger partial charge in [-0.2, -0.15) is 22.0 Å².